The van der Waals surface area contributed by atoms with Crippen LogP contribution in [0.2, 0.25) is 0 Å². The van der Waals surface area contributed by atoms with Crippen LogP contribution in [0, 0.1) is 12.8 Å². The number of amides is 1. The third kappa shape index (κ3) is 5.98. The number of nitrogens with one attached hydrogen (secondary N) is 2. The summed E-state index contributed by atoms with van der Waals surface area (Å²) in [7, 11) is 0. The van der Waals surface area contributed by atoms with Gasteiger partial charge in [0.2, 0.25) is 0 Å². The van der Waals surface area contributed by atoms with Crippen LogP contribution in [0.1, 0.15) is 59.8 Å². The molecule has 0 aliphatic heterocycles. The number of carboxylic acids is 1. The van der Waals surface area contributed by atoms with E-state index in [1.54, 1.807) is 0 Å². The molecule has 8 nitrogen and oxygen atoms in total. The summed E-state index contributed by atoms with van der Waals surface area (Å²) < 4.78 is 6.38. The first-order chi connectivity index (χ1) is 15.9. The molecule has 0 spiro atoms. The van der Waals surface area contributed by atoms with E-state index in [2.05, 4.69) is 36.8 Å². The average Bonchev–Trinajstić information content (AvgIpc) is 3.26. The van der Waals surface area contributed by atoms with Gasteiger partial charge in [0.25, 0.3) is 0 Å². The molecule has 1 saturated carbocycles. The van der Waals surface area contributed by atoms with Crippen LogP contribution in [0.15, 0.2) is 51.4 Å². The lowest BCUT2D eigenvalue weighted by Gasteiger charge is -2.28. The van der Waals surface area contributed by atoms with Gasteiger partial charge in [0.05, 0.1) is 0 Å². The Morgan fingerprint density at radius 3 is 2.52 bits per heavy atom. The van der Waals surface area contributed by atoms with Gasteiger partial charge >= 0.3 is 23.8 Å². The zero-order chi connectivity index (χ0) is 23.4. The maximum atomic E-state index is 12.5. The Balaban J connectivity index is 1.33. The lowest BCUT2D eigenvalue weighted by Crippen LogP contribution is -2.16. The number of carboxylic acid groups (broad SMARTS) is 1. The van der Waals surface area contributed by atoms with Crippen molar-refractivity contribution in [3.05, 3.63) is 64.0 Å². The fourth-order valence-electron chi connectivity index (χ4n) is 4.18. The van der Waals surface area contributed by atoms with E-state index in [-0.39, 0.29) is 24.2 Å². The van der Waals surface area contributed by atoms with Gasteiger partial charge in [-0.3, -0.25) is 9.59 Å². The van der Waals surface area contributed by atoms with Crippen LogP contribution in [0.25, 0.3) is 0 Å². The molecule has 0 saturated heterocycles. The Morgan fingerprint density at radius 2 is 1.82 bits per heavy atom. The van der Waals surface area contributed by atoms with Gasteiger partial charge < -0.3 is 20.2 Å². The molecular formula is C24H25BrN4O4. The Kier molecular flexibility index (Phi) is 7.08. The number of aryl methyl sites for hydroxylation is 1. The van der Waals surface area contributed by atoms with Crippen LogP contribution in [0.3, 0.4) is 0 Å². The van der Waals surface area contributed by atoms with Crippen molar-refractivity contribution >= 4 is 45.2 Å². The molecule has 1 heterocycles. The van der Waals surface area contributed by atoms with Crippen LogP contribution in [-0.2, 0) is 4.79 Å². The lowest BCUT2D eigenvalue weighted by molar-refractivity contribution is -0.138. The SMILES string of the molecule is Cc1ccc(Br)cc1Nc1nnc(C(=O)Nc2ccc(C3CCC(CC(=O)O)CC3)cc2)o1. The smallest absolute Gasteiger partial charge is 0.320 e. The van der Waals surface area contributed by atoms with Gasteiger partial charge in [-0.15, -0.1) is 5.10 Å². The number of halogens is 1. The molecule has 1 fully saturated rings. The number of aliphatic carboxylic acids is 1. The first-order valence-electron chi connectivity index (χ1n) is 10.9. The monoisotopic (exact) mass is 512 g/mol. The molecule has 9 heteroatoms. The van der Waals surface area contributed by atoms with E-state index in [1.165, 1.54) is 5.56 Å². The maximum absolute atomic E-state index is 12.5. The molecule has 3 N–H and O–H groups in total. The number of aromatic nitrogens is 2. The molecule has 1 aliphatic rings. The van der Waals surface area contributed by atoms with E-state index in [0.29, 0.717) is 11.6 Å². The highest BCUT2D eigenvalue weighted by Gasteiger charge is 2.24. The van der Waals surface area contributed by atoms with Crippen LogP contribution in [-0.4, -0.2) is 27.2 Å². The van der Waals surface area contributed by atoms with E-state index in [9.17, 15) is 9.59 Å². The predicted octanol–water partition coefficient (Wildman–Crippen LogP) is 5.88. The van der Waals surface area contributed by atoms with Gasteiger partial charge in [0.15, 0.2) is 0 Å². The summed E-state index contributed by atoms with van der Waals surface area (Å²) in [4.78, 5) is 23.4. The normalized spacial score (nSPS) is 18.0. The third-order valence-electron chi connectivity index (χ3n) is 6.01. The Labute approximate surface area is 199 Å². The number of benzene rings is 2. The van der Waals surface area contributed by atoms with Crippen LogP contribution >= 0.6 is 15.9 Å². The molecule has 3 aromatic rings. The van der Waals surface area contributed by atoms with Crippen molar-refractivity contribution in [1.82, 2.24) is 10.2 Å². The summed E-state index contributed by atoms with van der Waals surface area (Å²) in [6, 6.07) is 13.6. The molecule has 1 aromatic heterocycles. The molecule has 0 radical (unpaired) electrons. The van der Waals surface area contributed by atoms with Gasteiger partial charge in [-0.1, -0.05) is 39.2 Å². The number of hydrogen-bond donors (Lipinski definition) is 3. The van der Waals surface area contributed by atoms with Crippen LogP contribution in [0.5, 0.6) is 0 Å². The first kappa shape index (κ1) is 23.0. The third-order valence-corrected chi connectivity index (χ3v) is 6.50. The zero-order valence-corrected chi connectivity index (χ0v) is 19.8. The van der Waals surface area contributed by atoms with Crippen molar-refractivity contribution in [2.24, 2.45) is 5.92 Å². The number of carbonyl (C=O) groups is 2. The minimum atomic E-state index is -0.717. The van der Waals surface area contributed by atoms with E-state index < -0.39 is 11.9 Å². The Bertz CT molecular complexity index is 1140. The van der Waals surface area contributed by atoms with E-state index in [4.69, 9.17) is 9.52 Å². The van der Waals surface area contributed by atoms with Crippen molar-refractivity contribution in [3.63, 3.8) is 0 Å². The second-order valence-electron chi connectivity index (χ2n) is 8.39. The van der Waals surface area contributed by atoms with Gasteiger partial charge in [-0.25, -0.2) is 0 Å². The molecule has 0 atom stereocenters. The van der Waals surface area contributed by atoms with Crippen molar-refractivity contribution < 1.29 is 19.1 Å². The van der Waals surface area contributed by atoms with Gasteiger partial charge in [-0.05, 0) is 79.8 Å². The molecular weight excluding hydrogens is 488 g/mol. The van der Waals surface area contributed by atoms with Crippen molar-refractivity contribution in [2.75, 3.05) is 10.6 Å². The first-order valence-corrected chi connectivity index (χ1v) is 11.7. The van der Waals surface area contributed by atoms with Crippen molar-refractivity contribution in [3.8, 4) is 0 Å². The summed E-state index contributed by atoms with van der Waals surface area (Å²) in [6.45, 7) is 1.95. The van der Waals surface area contributed by atoms with Crippen molar-refractivity contribution in [1.29, 1.82) is 0 Å². The average molecular weight is 513 g/mol. The summed E-state index contributed by atoms with van der Waals surface area (Å²) >= 11 is 3.42. The second-order valence-corrected chi connectivity index (χ2v) is 9.30. The topological polar surface area (TPSA) is 117 Å². The maximum Gasteiger partial charge on any atom is 0.320 e. The van der Waals surface area contributed by atoms with Gasteiger partial charge in [0.1, 0.15) is 0 Å². The highest BCUT2D eigenvalue weighted by molar-refractivity contribution is 9.10. The summed E-state index contributed by atoms with van der Waals surface area (Å²) in [5.74, 6) is -0.635. The highest BCUT2D eigenvalue weighted by Crippen LogP contribution is 2.37. The quantitative estimate of drug-likeness (QED) is 0.361. The number of anilines is 3. The molecule has 1 amide bonds. The molecule has 172 valence electrons. The number of nitrogens with zero attached hydrogens (tertiary/aromatic N) is 2. The standard InChI is InChI=1S/C24H25BrN4O4/c1-14-2-9-18(25)13-20(14)27-24-29-28-23(33-24)22(32)26-19-10-7-17(8-11-19)16-5-3-15(4-6-16)12-21(30)31/h2,7-11,13,15-16H,3-6,12H2,1H3,(H,26,32)(H,27,29)(H,30,31). The number of carbonyl (C=O) groups excluding carboxylic acids is 1. The number of rotatable bonds is 7. The lowest BCUT2D eigenvalue weighted by atomic mass is 9.77. The summed E-state index contributed by atoms with van der Waals surface area (Å²) in [6.07, 6.45) is 4.09. The molecule has 1 aliphatic carbocycles. The summed E-state index contributed by atoms with van der Waals surface area (Å²) in [5.41, 5.74) is 3.64. The molecule has 4 rings (SSSR count). The molecule has 2 aromatic carbocycles. The molecule has 0 bridgehead atoms. The minimum absolute atomic E-state index is 0.133. The van der Waals surface area contributed by atoms with Crippen molar-refractivity contribution in [2.45, 2.75) is 44.9 Å². The number of hydrogen-bond acceptors (Lipinski definition) is 6. The van der Waals surface area contributed by atoms with Crippen LogP contribution < -0.4 is 10.6 Å². The van der Waals surface area contributed by atoms with Gasteiger partial charge in [-0.2, -0.15) is 0 Å². The van der Waals surface area contributed by atoms with E-state index >= 15 is 0 Å². The fourth-order valence-corrected chi connectivity index (χ4v) is 4.54. The van der Waals surface area contributed by atoms with E-state index in [1.807, 2.05) is 49.4 Å². The zero-order valence-electron chi connectivity index (χ0n) is 18.2. The molecule has 0 unspecified atom stereocenters. The van der Waals surface area contributed by atoms with Crippen LogP contribution in [0.4, 0.5) is 17.4 Å². The Hall–Kier alpha value is -3.20. The Morgan fingerprint density at radius 1 is 1.09 bits per heavy atom. The summed E-state index contributed by atoms with van der Waals surface area (Å²) in [5, 5.41) is 22.5. The van der Waals surface area contributed by atoms with E-state index in [0.717, 1.165) is 41.4 Å². The fraction of sp³-hybridized carbons (Fsp3) is 0.333. The molecule has 33 heavy (non-hydrogen) atoms. The highest BCUT2D eigenvalue weighted by atomic mass is 79.9. The predicted molar refractivity (Wildman–Crippen MR) is 128 cm³/mol. The largest absolute Gasteiger partial charge is 0.481 e. The second kappa shape index (κ2) is 10.2. The minimum Gasteiger partial charge on any atom is -0.481 e. The van der Waals surface area contributed by atoms with Gasteiger partial charge in [0, 0.05) is 22.3 Å².